The monoisotopic (exact) mass is 535 g/mol. The summed E-state index contributed by atoms with van der Waals surface area (Å²) in [5.74, 6) is 0. The molecule has 0 amide bonds. The molecular weight excluding hydrogens is 468 g/mol. The predicted octanol–water partition coefficient (Wildman–Crippen LogP) is 10.5. The van der Waals surface area contributed by atoms with Gasteiger partial charge in [0, 0.05) is 13.2 Å². The van der Waals surface area contributed by atoms with Crippen molar-refractivity contribution in [3.05, 3.63) is 58.7 Å². The van der Waals surface area contributed by atoms with Gasteiger partial charge in [-0.3, -0.25) is 0 Å². The molecule has 0 fully saturated rings. The third-order valence-electron chi connectivity index (χ3n) is 5.96. The van der Waals surface area contributed by atoms with E-state index in [0.717, 1.165) is 38.7 Å². The number of ether oxygens (including phenoxy) is 1. The first-order valence-corrected chi connectivity index (χ1v) is 15.8. The number of hydrogen-bond acceptors (Lipinski definition) is 3. The van der Waals surface area contributed by atoms with E-state index < -0.39 is 0 Å². The minimum absolute atomic E-state index is 0.139. The zero-order valence-corrected chi connectivity index (χ0v) is 26.8. The van der Waals surface area contributed by atoms with Crippen LogP contribution in [0.5, 0.6) is 0 Å². The summed E-state index contributed by atoms with van der Waals surface area (Å²) in [6.07, 6.45) is 30.2. The van der Waals surface area contributed by atoms with Gasteiger partial charge in [-0.15, -0.1) is 0 Å². The number of hydrogen-bond donors (Lipinski definition) is 2. The lowest BCUT2D eigenvalue weighted by Crippen LogP contribution is -1.98. The average Bonchev–Trinajstić information content (AvgIpc) is 3.20. The lowest BCUT2D eigenvalue weighted by molar-refractivity contribution is 0.0928. The fraction of sp³-hybridized carbons (Fsp3) is 0.714. The van der Waals surface area contributed by atoms with E-state index in [-0.39, 0.29) is 6.61 Å². The van der Waals surface area contributed by atoms with Gasteiger partial charge in [0.15, 0.2) is 0 Å². The van der Waals surface area contributed by atoms with Crippen LogP contribution in [0.4, 0.5) is 0 Å². The molecule has 3 heteroatoms. The molecule has 1 aliphatic carbocycles. The predicted molar refractivity (Wildman–Crippen MR) is 172 cm³/mol. The normalized spacial score (nSPS) is 13.1. The minimum Gasteiger partial charge on any atom is -0.396 e. The van der Waals surface area contributed by atoms with Crippen LogP contribution in [0, 0.1) is 0 Å². The van der Waals surface area contributed by atoms with E-state index in [9.17, 15) is 0 Å². The Balaban J connectivity index is -0.000000781. The third kappa shape index (κ3) is 29.1. The Kier molecular flexibility index (Phi) is 38.5. The SMILES string of the molecule is CC.CCCCCCCCCC1=CC=C(/C(=C/C=C(/C)CC)CC)C=CC1.CCCO.CCCOCCO. The summed E-state index contributed by atoms with van der Waals surface area (Å²) in [7, 11) is 0. The third-order valence-corrected chi connectivity index (χ3v) is 5.96. The number of allylic oxidation sites excluding steroid dienone is 10. The molecule has 1 aliphatic rings. The number of aliphatic hydroxyl groups is 2. The van der Waals surface area contributed by atoms with Gasteiger partial charge in [-0.1, -0.05) is 135 Å². The zero-order valence-electron chi connectivity index (χ0n) is 26.8. The van der Waals surface area contributed by atoms with E-state index >= 15 is 0 Å². The van der Waals surface area contributed by atoms with Crippen LogP contribution >= 0.6 is 0 Å². The second kappa shape index (κ2) is 35.6. The van der Waals surface area contributed by atoms with Crippen LogP contribution in [0.25, 0.3) is 0 Å². The lowest BCUT2D eigenvalue weighted by atomic mass is 10.0. The fourth-order valence-corrected chi connectivity index (χ4v) is 3.47. The van der Waals surface area contributed by atoms with Crippen molar-refractivity contribution in [1.82, 2.24) is 0 Å². The molecule has 0 atom stereocenters. The second-order valence-electron chi connectivity index (χ2n) is 9.40. The maximum atomic E-state index is 8.17. The van der Waals surface area contributed by atoms with Gasteiger partial charge in [0.25, 0.3) is 0 Å². The molecule has 0 saturated carbocycles. The van der Waals surface area contributed by atoms with Crippen LogP contribution in [0.3, 0.4) is 0 Å². The first-order valence-electron chi connectivity index (χ1n) is 15.8. The van der Waals surface area contributed by atoms with E-state index in [4.69, 9.17) is 14.9 Å². The summed E-state index contributed by atoms with van der Waals surface area (Å²) < 4.78 is 4.88. The molecule has 0 aromatic carbocycles. The Morgan fingerprint density at radius 2 is 1.39 bits per heavy atom. The van der Waals surface area contributed by atoms with Crippen LogP contribution in [0.15, 0.2) is 58.7 Å². The summed E-state index contributed by atoms with van der Waals surface area (Å²) in [6, 6.07) is 0. The largest absolute Gasteiger partial charge is 0.396 e. The van der Waals surface area contributed by atoms with Crippen LogP contribution in [0.1, 0.15) is 139 Å². The zero-order chi connectivity index (χ0) is 29.3. The van der Waals surface area contributed by atoms with Gasteiger partial charge in [0.05, 0.1) is 13.2 Å². The smallest absolute Gasteiger partial charge is 0.0697 e. The van der Waals surface area contributed by atoms with Crippen LogP contribution in [0.2, 0.25) is 0 Å². The van der Waals surface area contributed by atoms with Gasteiger partial charge >= 0.3 is 0 Å². The van der Waals surface area contributed by atoms with Crippen molar-refractivity contribution in [2.24, 2.45) is 0 Å². The van der Waals surface area contributed by atoms with E-state index in [1.54, 1.807) is 5.57 Å². The molecule has 1 rings (SSSR count). The highest BCUT2D eigenvalue weighted by Crippen LogP contribution is 2.23. The van der Waals surface area contributed by atoms with Gasteiger partial charge in [0.2, 0.25) is 0 Å². The van der Waals surface area contributed by atoms with Gasteiger partial charge in [-0.2, -0.15) is 0 Å². The van der Waals surface area contributed by atoms with Crippen molar-refractivity contribution in [2.75, 3.05) is 26.4 Å². The van der Waals surface area contributed by atoms with Crippen molar-refractivity contribution in [1.29, 1.82) is 0 Å². The first-order chi connectivity index (χ1) is 18.5. The highest BCUT2D eigenvalue weighted by atomic mass is 16.5. The minimum atomic E-state index is 0.139. The highest BCUT2D eigenvalue weighted by molar-refractivity contribution is 5.45. The molecular formula is C35H66O3. The van der Waals surface area contributed by atoms with Crippen molar-refractivity contribution < 1.29 is 14.9 Å². The van der Waals surface area contributed by atoms with E-state index in [1.807, 2.05) is 27.7 Å². The van der Waals surface area contributed by atoms with Crippen molar-refractivity contribution in [2.45, 2.75) is 139 Å². The van der Waals surface area contributed by atoms with E-state index in [1.165, 1.54) is 68.1 Å². The Morgan fingerprint density at radius 3 is 1.92 bits per heavy atom. The van der Waals surface area contributed by atoms with Gasteiger partial charge in [-0.25, -0.2) is 0 Å². The maximum Gasteiger partial charge on any atom is 0.0697 e. The lowest BCUT2D eigenvalue weighted by Gasteiger charge is -2.04. The van der Waals surface area contributed by atoms with E-state index in [0.29, 0.717) is 13.2 Å². The van der Waals surface area contributed by atoms with Gasteiger partial charge < -0.3 is 14.9 Å². The second-order valence-corrected chi connectivity index (χ2v) is 9.40. The summed E-state index contributed by atoms with van der Waals surface area (Å²) >= 11 is 0. The van der Waals surface area contributed by atoms with E-state index in [2.05, 4.69) is 64.2 Å². The molecule has 0 unspecified atom stereocenters. The molecule has 0 radical (unpaired) electrons. The molecule has 0 bridgehead atoms. The molecule has 0 aromatic heterocycles. The molecule has 0 spiro atoms. The van der Waals surface area contributed by atoms with Crippen LogP contribution in [-0.4, -0.2) is 36.6 Å². The number of aliphatic hydroxyl groups excluding tert-OH is 2. The molecule has 0 aliphatic heterocycles. The molecule has 3 nitrogen and oxygen atoms in total. The Hall–Kier alpha value is -1.42. The molecule has 0 aromatic rings. The number of unbranched alkanes of at least 4 members (excludes halogenated alkanes) is 6. The average molecular weight is 535 g/mol. The van der Waals surface area contributed by atoms with Crippen molar-refractivity contribution >= 4 is 0 Å². The quantitative estimate of drug-likeness (QED) is 0.144. The summed E-state index contributed by atoms with van der Waals surface area (Å²) in [5, 5.41) is 16.0. The molecule has 0 heterocycles. The van der Waals surface area contributed by atoms with Crippen molar-refractivity contribution in [3.63, 3.8) is 0 Å². The van der Waals surface area contributed by atoms with Crippen LogP contribution in [-0.2, 0) is 4.74 Å². The van der Waals surface area contributed by atoms with Crippen LogP contribution < -0.4 is 0 Å². The fourth-order valence-electron chi connectivity index (χ4n) is 3.47. The van der Waals surface area contributed by atoms with Gasteiger partial charge in [-0.05, 0) is 63.0 Å². The number of rotatable bonds is 17. The summed E-state index contributed by atoms with van der Waals surface area (Å²) in [4.78, 5) is 0. The summed E-state index contributed by atoms with van der Waals surface area (Å²) in [5.41, 5.74) is 5.87. The molecule has 0 saturated heterocycles. The Bertz CT molecular complexity index is 617. The Labute approximate surface area is 238 Å². The standard InChI is InChI=1S/C25H40.C5H12O2.C3H8O.C2H6/c1-5-8-9-10-11-12-13-15-23-16-14-17-25(21-19-23)24(7-3)20-18-22(4)6-2;1-2-4-7-5-3-6;1-2-3-4;1-2/h14,17-21H,5-13,15-16H2,1-4H3;6H,2-5H2,1H3;4H,2-3H2,1H3;1-2H3/b22-18-,24-20+;;;. The first kappa shape index (κ1) is 41.1. The van der Waals surface area contributed by atoms with Gasteiger partial charge in [0.1, 0.15) is 0 Å². The topological polar surface area (TPSA) is 49.7 Å². The molecule has 224 valence electrons. The summed E-state index contributed by atoms with van der Waals surface area (Å²) in [6.45, 7) is 18.6. The Morgan fingerprint density at radius 1 is 0.763 bits per heavy atom. The maximum absolute atomic E-state index is 8.17. The molecule has 2 N–H and O–H groups in total. The highest BCUT2D eigenvalue weighted by Gasteiger charge is 2.03. The van der Waals surface area contributed by atoms with Crippen molar-refractivity contribution in [3.8, 4) is 0 Å². The molecule has 38 heavy (non-hydrogen) atoms.